The number of nitrogens with zero attached hydrogens (tertiary/aromatic N) is 4. The van der Waals surface area contributed by atoms with Crippen molar-refractivity contribution in [1.82, 2.24) is 20.2 Å². The first kappa shape index (κ1) is 13.2. The lowest BCUT2D eigenvalue weighted by Crippen LogP contribution is -2.07. The van der Waals surface area contributed by atoms with Crippen LogP contribution in [0.3, 0.4) is 0 Å². The van der Waals surface area contributed by atoms with Gasteiger partial charge in [0.05, 0.1) is 17.8 Å². The van der Waals surface area contributed by atoms with Crippen molar-refractivity contribution in [2.45, 2.75) is 45.1 Å². The maximum absolute atomic E-state index is 10.7. The predicted molar refractivity (Wildman–Crippen MR) is 74.6 cm³/mol. The molecular weight excluding hydrogens is 276 g/mol. The van der Waals surface area contributed by atoms with Gasteiger partial charge in [0.2, 0.25) is 0 Å². The number of aliphatic carboxylic acids is 1. The minimum Gasteiger partial charge on any atom is -0.481 e. The lowest BCUT2D eigenvalue weighted by atomic mass is 10.1. The van der Waals surface area contributed by atoms with Gasteiger partial charge in [-0.2, -0.15) is 0 Å². The first-order chi connectivity index (χ1) is 9.74. The second kappa shape index (κ2) is 5.70. The molecule has 0 saturated heterocycles. The van der Waals surface area contributed by atoms with E-state index in [9.17, 15) is 4.79 Å². The van der Waals surface area contributed by atoms with Crippen molar-refractivity contribution in [3.63, 3.8) is 0 Å². The average Bonchev–Trinajstić information content (AvgIpc) is 2.98. The summed E-state index contributed by atoms with van der Waals surface area (Å²) >= 11 is 1.74. The van der Waals surface area contributed by atoms with Crippen molar-refractivity contribution in [2.24, 2.45) is 0 Å². The molecule has 106 valence electrons. The first-order valence-electron chi connectivity index (χ1n) is 6.84. The molecule has 1 aliphatic carbocycles. The molecule has 2 heterocycles. The number of fused-ring (bicyclic) bond motifs is 1. The van der Waals surface area contributed by atoms with Crippen LogP contribution < -0.4 is 0 Å². The van der Waals surface area contributed by atoms with E-state index in [0.29, 0.717) is 12.4 Å². The van der Waals surface area contributed by atoms with Crippen LogP contribution in [0.1, 0.15) is 36.1 Å². The second-order valence-electron chi connectivity index (χ2n) is 4.99. The van der Waals surface area contributed by atoms with Gasteiger partial charge in [-0.1, -0.05) is 6.42 Å². The summed E-state index contributed by atoms with van der Waals surface area (Å²) in [5.74, 6) is -0.155. The summed E-state index contributed by atoms with van der Waals surface area (Å²) in [5, 5.41) is 20.4. The molecule has 0 saturated carbocycles. The molecule has 0 unspecified atom stereocenters. The minimum atomic E-state index is -0.839. The van der Waals surface area contributed by atoms with Crippen LogP contribution in [0.2, 0.25) is 0 Å². The molecule has 0 bridgehead atoms. The van der Waals surface area contributed by atoms with Gasteiger partial charge in [0, 0.05) is 4.88 Å². The standard InChI is InChI=1S/C13H16N4O2S/c18-12(19)6-7-17-13(14-15-16-17)11-8-9-4-2-1-3-5-10(9)20-11/h8H,1-7H2,(H,18,19). The molecule has 20 heavy (non-hydrogen) atoms. The van der Waals surface area contributed by atoms with Crippen molar-refractivity contribution >= 4 is 17.3 Å². The van der Waals surface area contributed by atoms with Crippen molar-refractivity contribution in [1.29, 1.82) is 0 Å². The fourth-order valence-electron chi connectivity index (χ4n) is 2.51. The second-order valence-corrected chi connectivity index (χ2v) is 6.13. The van der Waals surface area contributed by atoms with Crippen LogP contribution in [0.25, 0.3) is 10.7 Å². The highest BCUT2D eigenvalue weighted by Gasteiger charge is 2.17. The third-order valence-electron chi connectivity index (χ3n) is 3.54. The van der Waals surface area contributed by atoms with Crippen LogP contribution in [0, 0.1) is 0 Å². The number of thiophene rings is 1. The Bertz CT molecular complexity index is 596. The Morgan fingerprint density at radius 1 is 1.35 bits per heavy atom. The molecule has 0 fully saturated rings. The zero-order chi connectivity index (χ0) is 13.9. The molecule has 1 aliphatic rings. The highest BCUT2D eigenvalue weighted by molar-refractivity contribution is 7.15. The van der Waals surface area contributed by atoms with Gasteiger partial charge in [-0.05, 0) is 47.7 Å². The molecule has 7 heteroatoms. The van der Waals surface area contributed by atoms with Gasteiger partial charge in [-0.25, -0.2) is 4.68 Å². The van der Waals surface area contributed by atoms with E-state index < -0.39 is 5.97 Å². The molecule has 0 aliphatic heterocycles. The lowest BCUT2D eigenvalue weighted by Gasteiger charge is -2.00. The van der Waals surface area contributed by atoms with Crippen molar-refractivity contribution < 1.29 is 9.90 Å². The Labute approximate surface area is 120 Å². The monoisotopic (exact) mass is 292 g/mol. The van der Waals surface area contributed by atoms with Crippen LogP contribution in [0.5, 0.6) is 0 Å². The van der Waals surface area contributed by atoms with Crippen LogP contribution in [0.4, 0.5) is 0 Å². The molecule has 0 atom stereocenters. The zero-order valence-electron chi connectivity index (χ0n) is 11.1. The van der Waals surface area contributed by atoms with Gasteiger partial charge in [-0.3, -0.25) is 4.79 Å². The van der Waals surface area contributed by atoms with Crippen LogP contribution in [-0.2, 0) is 24.2 Å². The highest BCUT2D eigenvalue weighted by atomic mass is 32.1. The van der Waals surface area contributed by atoms with E-state index in [4.69, 9.17) is 5.11 Å². The Hall–Kier alpha value is -1.76. The van der Waals surface area contributed by atoms with Crippen LogP contribution in [0.15, 0.2) is 6.07 Å². The van der Waals surface area contributed by atoms with Crippen molar-refractivity contribution in [2.75, 3.05) is 0 Å². The topological polar surface area (TPSA) is 80.9 Å². The smallest absolute Gasteiger partial charge is 0.305 e. The predicted octanol–water partition coefficient (Wildman–Crippen LogP) is 2.15. The number of carboxylic acids is 1. The number of carbonyl (C=O) groups is 1. The lowest BCUT2D eigenvalue weighted by molar-refractivity contribution is -0.137. The van der Waals surface area contributed by atoms with Crippen molar-refractivity contribution in [3.05, 3.63) is 16.5 Å². The molecule has 3 rings (SSSR count). The fourth-order valence-corrected chi connectivity index (χ4v) is 3.75. The molecule has 0 radical (unpaired) electrons. The zero-order valence-corrected chi connectivity index (χ0v) is 11.9. The van der Waals surface area contributed by atoms with Gasteiger partial charge < -0.3 is 5.11 Å². The summed E-state index contributed by atoms with van der Waals surface area (Å²) in [4.78, 5) is 13.1. The SMILES string of the molecule is O=C(O)CCn1nnnc1-c1cc2c(s1)CCCCC2. The molecular formula is C13H16N4O2S. The summed E-state index contributed by atoms with van der Waals surface area (Å²) < 4.78 is 1.58. The molecule has 2 aromatic rings. The molecule has 2 aromatic heterocycles. The van der Waals surface area contributed by atoms with E-state index in [2.05, 4.69) is 21.6 Å². The maximum Gasteiger partial charge on any atom is 0.305 e. The van der Waals surface area contributed by atoms with Gasteiger partial charge in [-0.15, -0.1) is 16.4 Å². The van der Waals surface area contributed by atoms with E-state index in [-0.39, 0.29) is 6.42 Å². The van der Waals surface area contributed by atoms with E-state index >= 15 is 0 Å². The number of hydrogen-bond acceptors (Lipinski definition) is 5. The van der Waals surface area contributed by atoms with Gasteiger partial charge in [0.25, 0.3) is 0 Å². The highest BCUT2D eigenvalue weighted by Crippen LogP contribution is 2.34. The number of aromatic nitrogens is 4. The Kier molecular flexibility index (Phi) is 3.77. The van der Waals surface area contributed by atoms with Gasteiger partial charge in [0.15, 0.2) is 5.82 Å². The summed E-state index contributed by atoms with van der Waals surface area (Å²) in [5.41, 5.74) is 1.41. The summed E-state index contributed by atoms with van der Waals surface area (Å²) in [6, 6.07) is 2.17. The number of aryl methyl sites for hydroxylation is 3. The van der Waals surface area contributed by atoms with E-state index in [1.807, 2.05) is 0 Å². The van der Waals surface area contributed by atoms with E-state index in [0.717, 1.165) is 17.7 Å². The summed E-state index contributed by atoms with van der Waals surface area (Å²) in [6.07, 6.45) is 6.08. The summed E-state index contributed by atoms with van der Waals surface area (Å²) in [7, 11) is 0. The Balaban J connectivity index is 1.86. The number of hydrogen-bond donors (Lipinski definition) is 1. The minimum absolute atomic E-state index is 0.0309. The number of tetrazole rings is 1. The largest absolute Gasteiger partial charge is 0.481 e. The third kappa shape index (κ3) is 2.72. The molecule has 0 amide bonds. The number of carboxylic acid groups (broad SMARTS) is 1. The van der Waals surface area contributed by atoms with Crippen LogP contribution >= 0.6 is 11.3 Å². The normalized spacial score (nSPS) is 14.8. The molecule has 6 nitrogen and oxygen atoms in total. The van der Waals surface area contributed by atoms with Gasteiger partial charge >= 0.3 is 5.97 Å². The Morgan fingerprint density at radius 2 is 2.20 bits per heavy atom. The van der Waals surface area contributed by atoms with E-state index in [1.54, 1.807) is 16.0 Å². The third-order valence-corrected chi connectivity index (χ3v) is 4.77. The quantitative estimate of drug-likeness (QED) is 0.873. The van der Waals surface area contributed by atoms with Crippen molar-refractivity contribution in [3.8, 4) is 10.7 Å². The van der Waals surface area contributed by atoms with Crippen LogP contribution in [-0.4, -0.2) is 31.3 Å². The number of rotatable bonds is 4. The summed E-state index contributed by atoms with van der Waals surface area (Å²) in [6.45, 7) is 0.306. The fraction of sp³-hybridized carbons (Fsp3) is 0.538. The molecule has 0 spiro atoms. The average molecular weight is 292 g/mol. The maximum atomic E-state index is 10.7. The van der Waals surface area contributed by atoms with Gasteiger partial charge in [0.1, 0.15) is 0 Å². The molecule has 1 N–H and O–H groups in total. The van der Waals surface area contributed by atoms with E-state index in [1.165, 1.54) is 29.7 Å². The molecule has 0 aromatic carbocycles. The Morgan fingerprint density at radius 3 is 3.05 bits per heavy atom. The first-order valence-corrected chi connectivity index (χ1v) is 7.65.